The minimum absolute atomic E-state index is 0.138. The molecule has 1 aliphatic heterocycles. The zero-order valence-electron chi connectivity index (χ0n) is 11.2. The molecule has 1 fully saturated rings. The Kier molecular flexibility index (Phi) is 3.32. The number of fused-ring (bicyclic) bond motifs is 1. The summed E-state index contributed by atoms with van der Waals surface area (Å²) in [5.74, 6) is 0.882. The third kappa shape index (κ3) is 2.40. The Morgan fingerprint density at radius 2 is 2.00 bits per heavy atom. The number of aromatic nitrogens is 3. The lowest BCUT2D eigenvalue weighted by atomic mass is 10.0. The van der Waals surface area contributed by atoms with Crippen molar-refractivity contribution >= 4 is 21.6 Å². The van der Waals surface area contributed by atoms with E-state index in [-0.39, 0.29) is 5.54 Å². The van der Waals surface area contributed by atoms with Crippen molar-refractivity contribution < 1.29 is 0 Å². The molecule has 1 N–H and O–H groups in total. The standard InChI is InChI=1S/C13H18BrN5/c1-13(2,18-7-5-15-6-8-18)12-16-11-4-3-10(14)9-19(11)17-12/h3-4,9,15H,5-8H2,1-2H3. The predicted octanol–water partition coefficient (Wildman–Crippen LogP) is 1.63. The number of halogens is 1. The smallest absolute Gasteiger partial charge is 0.171 e. The van der Waals surface area contributed by atoms with E-state index in [0.29, 0.717) is 0 Å². The van der Waals surface area contributed by atoms with E-state index in [9.17, 15) is 0 Å². The van der Waals surface area contributed by atoms with Gasteiger partial charge in [-0.25, -0.2) is 9.50 Å². The molecule has 0 saturated carbocycles. The summed E-state index contributed by atoms with van der Waals surface area (Å²) in [6, 6.07) is 3.97. The molecule has 0 aromatic carbocycles. The van der Waals surface area contributed by atoms with Crippen molar-refractivity contribution in [3.05, 3.63) is 28.6 Å². The van der Waals surface area contributed by atoms with E-state index in [1.807, 2.05) is 22.8 Å². The number of hydrogen-bond acceptors (Lipinski definition) is 4. The molecule has 19 heavy (non-hydrogen) atoms. The molecule has 2 aromatic heterocycles. The Hall–Kier alpha value is -0.980. The highest BCUT2D eigenvalue weighted by atomic mass is 79.9. The topological polar surface area (TPSA) is 45.5 Å². The molecule has 1 aliphatic rings. The van der Waals surface area contributed by atoms with E-state index in [1.54, 1.807) is 0 Å². The van der Waals surface area contributed by atoms with Gasteiger partial charge in [-0.1, -0.05) is 0 Å². The molecule has 0 atom stereocenters. The van der Waals surface area contributed by atoms with Crippen molar-refractivity contribution in [1.82, 2.24) is 24.8 Å². The van der Waals surface area contributed by atoms with Gasteiger partial charge in [-0.3, -0.25) is 4.90 Å². The Morgan fingerprint density at radius 3 is 2.74 bits per heavy atom. The monoisotopic (exact) mass is 323 g/mol. The third-order valence-corrected chi connectivity index (χ3v) is 4.22. The second-order valence-electron chi connectivity index (χ2n) is 5.38. The van der Waals surface area contributed by atoms with Gasteiger partial charge in [0.05, 0.1) is 5.54 Å². The van der Waals surface area contributed by atoms with Crippen LogP contribution in [0.4, 0.5) is 0 Å². The SMILES string of the molecule is CC(C)(c1nc2ccc(Br)cn2n1)N1CCNCC1. The highest BCUT2D eigenvalue weighted by Crippen LogP contribution is 2.26. The van der Waals surface area contributed by atoms with Crippen LogP contribution in [-0.2, 0) is 5.54 Å². The average molecular weight is 324 g/mol. The summed E-state index contributed by atoms with van der Waals surface area (Å²) in [5, 5.41) is 8.01. The van der Waals surface area contributed by atoms with Gasteiger partial charge in [-0.05, 0) is 41.9 Å². The van der Waals surface area contributed by atoms with Gasteiger partial charge in [0.1, 0.15) is 0 Å². The predicted molar refractivity (Wildman–Crippen MR) is 78.2 cm³/mol. The lowest BCUT2D eigenvalue weighted by molar-refractivity contribution is 0.0950. The van der Waals surface area contributed by atoms with Crippen LogP contribution in [0, 0.1) is 0 Å². The van der Waals surface area contributed by atoms with Crippen molar-refractivity contribution in [2.45, 2.75) is 19.4 Å². The van der Waals surface area contributed by atoms with Crippen molar-refractivity contribution in [2.24, 2.45) is 0 Å². The van der Waals surface area contributed by atoms with E-state index in [4.69, 9.17) is 0 Å². The molecule has 6 heteroatoms. The highest BCUT2D eigenvalue weighted by Gasteiger charge is 2.33. The van der Waals surface area contributed by atoms with Crippen LogP contribution >= 0.6 is 15.9 Å². The maximum Gasteiger partial charge on any atom is 0.171 e. The van der Waals surface area contributed by atoms with E-state index in [0.717, 1.165) is 42.1 Å². The third-order valence-electron chi connectivity index (χ3n) is 3.75. The largest absolute Gasteiger partial charge is 0.314 e. The average Bonchev–Trinajstić information content (AvgIpc) is 2.83. The van der Waals surface area contributed by atoms with Crippen molar-refractivity contribution in [3.63, 3.8) is 0 Å². The summed E-state index contributed by atoms with van der Waals surface area (Å²) in [6.07, 6.45) is 1.94. The first kappa shape index (κ1) is 13.0. The molecule has 2 aromatic rings. The van der Waals surface area contributed by atoms with Crippen LogP contribution in [0.2, 0.25) is 0 Å². The molecule has 0 aliphatic carbocycles. The van der Waals surface area contributed by atoms with Crippen LogP contribution in [0.3, 0.4) is 0 Å². The molecular weight excluding hydrogens is 306 g/mol. The summed E-state index contributed by atoms with van der Waals surface area (Å²) < 4.78 is 2.85. The molecule has 0 spiro atoms. The number of piperazine rings is 1. The number of pyridine rings is 1. The normalized spacial score (nSPS) is 18.1. The summed E-state index contributed by atoms with van der Waals surface area (Å²) in [7, 11) is 0. The lowest BCUT2D eigenvalue weighted by Crippen LogP contribution is -2.52. The van der Waals surface area contributed by atoms with Gasteiger partial charge in [0.15, 0.2) is 11.5 Å². The van der Waals surface area contributed by atoms with Crippen LogP contribution in [0.25, 0.3) is 5.65 Å². The molecule has 0 radical (unpaired) electrons. The summed E-state index contributed by atoms with van der Waals surface area (Å²) in [6.45, 7) is 8.52. The summed E-state index contributed by atoms with van der Waals surface area (Å²) in [4.78, 5) is 7.11. The fraction of sp³-hybridized carbons (Fsp3) is 0.538. The Bertz CT molecular complexity index is 586. The van der Waals surface area contributed by atoms with Crippen LogP contribution in [0.1, 0.15) is 19.7 Å². The maximum absolute atomic E-state index is 4.67. The van der Waals surface area contributed by atoms with Gasteiger partial charge in [-0.15, -0.1) is 5.10 Å². The molecule has 3 heterocycles. The molecule has 0 amide bonds. The van der Waals surface area contributed by atoms with Crippen LogP contribution in [0.15, 0.2) is 22.8 Å². The van der Waals surface area contributed by atoms with Gasteiger partial charge in [0, 0.05) is 36.8 Å². The fourth-order valence-corrected chi connectivity index (χ4v) is 2.81. The molecular formula is C13H18BrN5. The molecule has 0 unspecified atom stereocenters. The van der Waals surface area contributed by atoms with Gasteiger partial charge < -0.3 is 5.32 Å². The number of rotatable bonds is 2. The van der Waals surface area contributed by atoms with E-state index >= 15 is 0 Å². The molecule has 1 saturated heterocycles. The fourth-order valence-electron chi connectivity index (χ4n) is 2.48. The maximum atomic E-state index is 4.67. The second kappa shape index (κ2) is 4.85. The Balaban J connectivity index is 1.97. The molecule has 3 rings (SSSR count). The Morgan fingerprint density at radius 1 is 1.26 bits per heavy atom. The number of nitrogens with zero attached hydrogens (tertiary/aromatic N) is 4. The van der Waals surface area contributed by atoms with Crippen molar-refractivity contribution in [2.75, 3.05) is 26.2 Å². The van der Waals surface area contributed by atoms with Crippen LogP contribution < -0.4 is 5.32 Å². The van der Waals surface area contributed by atoms with E-state index in [2.05, 4.69) is 50.1 Å². The zero-order valence-corrected chi connectivity index (χ0v) is 12.8. The highest BCUT2D eigenvalue weighted by molar-refractivity contribution is 9.10. The summed E-state index contributed by atoms with van der Waals surface area (Å²) >= 11 is 3.46. The first-order valence-electron chi connectivity index (χ1n) is 6.55. The number of hydrogen-bond donors (Lipinski definition) is 1. The zero-order chi connectivity index (χ0) is 13.5. The molecule has 102 valence electrons. The lowest BCUT2D eigenvalue weighted by Gasteiger charge is -2.39. The molecule has 0 bridgehead atoms. The van der Waals surface area contributed by atoms with Crippen molar-refractivity contribution in [3.8, 4) is 0 Å². The Labute approximate surface area is 121 Å². The number of nitrogens with one attached hydrogen (secondary N) is 1. The van der Waals surface area contributed by atoms with Gasteiger partial charge >= 0.3 is 0 Å². The minimum Gasteiger partial charge on any atom is -0.314 e. The second-order valence-corrected chi connectivity index (χ2v) is 6.30. The minimum atomic E-state index is -0.138. The van der Waals surface area contributed by atoms with Crippen LogP contribution in [-0.4, -0.2) is 45.7 Å². The van der Waals surface area contributed by atoms with Gasteiger partial charge in [-0.2, -0.15) is 0 Å². The quantitative estimate of drug-likeness (QED) is 0.912. The first-order chi connectivity index (χ1) is 9.07. The van der Waals surface area contributed by atoms with Crippen molar-refractivity contribution in [1.29, 1.82) is 0 Å². The van der Waals surface area contributed by atoms with Gasteiger partial charge in [0.25, 0.3) is 0 Å². The van der Waals surface area contributed by atoms with E-state index in [1.165, 1.54) is 0 Å². The van der Waals surface area contributed by atoms with Crippen LogP contribution in [0.5, 0.6) is 0 Å². The van der Waals surface area contributed by atoms with E-state index < -0.39 is 0 Å². The summed E-state index contributed by atoms with van der Waals surface area (Å²) in [5.41, 5.74) is 0.752. The van der Waals surface area contributed by atoms with Gasteiger partial charge in [0.2, 0.25) is 0 Å². The first-order valence-corrected chi connectivity index (χ1v) is 7.35. The molecule has 5 nitrogen and oxygen atoms in total.